The molecule has 0 bridgehead atoms. The molecule has 0 spiro atoms. The Hall–Kier alpha value is -1.94. The third kappa shape index (κ3) is 6.37. The van der Waals surface area contributed by atoms with E-state index in [0.29, 0.717) is 6.54 Å². The molecule has 0 radical (unpaired) electrons. The molecule has 5 nitrogen and oxygen atoms in total. The third-order valence-corrected chi connectivity index (χ3v) is 5.24. The van der Waals surface area contributed by atoms with Crippen LogP contribution in [0.4, 0.5) is 0 Å². The first-order valence-corrected chi connectivity index (χ1v) is 9.17. The molecule has 0 fully saturated rings. The highest BCUT2D eigenvalue weighted by atomic mass is 31.2. The predicted molar refractivity (Wildman–Crippen MR) is 89.2 cm³/mol. The van der Waals surface area contributed by atoms with Crippen LogP contribution in [0.3, 0.4) is 0 Å². The number of rotatable bonds is 9. The quantitative estimate of drug-likeness (QED) is 0.685. The maximum Gasteiger partial charge on any atom is 0.305 e. The molecule has 0 saturated heterocycles. The topological polar surface area (TPSA) is 75.6 Å². The van der Waals surface area contributed by atoms with Crippen molar-refractivity contribution in [2.45, 2.75) is 19.1 Å². The summed E-state index contributed by atoms with van der Waals surface area (Å²) in [5.74, 6) is -0.973. The molecular weight excluding hydrogens is 313 g/mol. The minimum Gasteiger partial charge on any atom is -0.481 e. The van der Waals surface area contributed by atoms with Crippen molar-refractivity contribution in [3.63, 3.8) is 0 Å². The Labute approximate surface area is 135 Å². The van der Waals surface area contributed by atoms with Gasteiger partial charge in [-0.25, -0.2) is 5.09 Å². The van der Waals surface area contributed by atoms with Crippen LogP contribution in [0.5, 0.6) is 0 Å². The van der Waals surface area contributed by atoms with E-state index in [-0.39, 0.29) is 19.2 Å². The Balaban J connectivity index is 2.03. The smallest absolute Gasteiger partial charge is 0.305 e. The summed E-state index contributed by atoms with van der Waals surface area (Å²) in [6.45, 7) is 0.319. The number of nitrogens with one attached hydrogen (secondary N) is 1. The molecule has 23 heavy (non-hydrogen) atoms. The lowest BCUT2D eigenvalue weighted by Crippen LogP contribution is -2.15. The Morgan fingerprint density at radius 1 is 1.00 bits per heavy atom. The average molecular weight is 333 g/mol. The maximum atomic E-state index is 13.0. The first kappa shape index (κ1) is 17.4. The van der Waals surface area contributed by atoms with Gasteiger partial charge in [-0.2, -0.15) is 0 Å². The van der Waals surface area contributed by atoms with Crippen molar-refractivity contribution >= 4 is 13.5 Å². The van der Waals surface area contributed by atoms with Crippen molar-refractivity contribution in [1.29, 1.82) is 0 Å². The Kier molecular flexibility index (Phi) is 6.53. The molecule has 0 aliphatic carbocycles. The van der Waals surface area contributed by atoms with Crippen molar-refractivity contribution in [1.82, 2.24) is 5.09 Å². The van der Waals surface area contributed by atoms with Crippen molar-refractivity contribution < 1.29 is 19.0 Å². The van der Waals surface area contributed by atoms with Crippen molar-refractivity contribution in [3.05, 3.63) is 71.8 Å². The van der Waals surface area contributed by atoms with Crippen LogP contribution in [-0.2, 0) is 26.6 Å². The van der Waals surface area contributed by atoms with E-state index in [9.17, 15) is 9.36 Å². The fraction of sp³-hybridized carbons (Fsp3) is 0.235. The van der Waals surface area contributed by atoms with Gasteiger partial charge in [0.1, 0.15) is 0 Å². The SMILES string of the molecule is O=C(O)CCOP(=O)(Cc1ccccc1)NCc1ccccc1. The van der Waals surface area contributed by atoms with E-state index in [2.05, 4.69) is 5.09 Å². The second kappa shape index (κ2) is 8.63. The zero-order valence-corrected chi connectivity index (χ0v) is 13.6. The van der Waals surface area contributed by atoms with Crippen LogP contribution in [0.15, 0.2) is 60.7 Å². The normalized spacial score (nSPS) is 13.4. The van der Waals surface area contributed by atoms with Crippen molar-refractivity contribution in [2.24, 2.45) is 0 Å². The predicted octanol–water partition coefficient (Wildman–Crippen LogP) is 3.66. The van der Waals surface area contributed by atoms with E-state index in [1.165, 1.54) is 0 Å². The average Bonchev–Trinajstić information content (AvgIpc) is 2.55. The van der Waals surface area contributed by atoms with Gasteiger partial charge in [-0.15, -0.1) is 0 Å². The molecule has 0 aliphatic heterocycles. The Morgan fingerprint density at radius 2 is 1.57 bits per heavy atom. The molecule has 122 valence electrons. The van der Waals surface area contributed by atoms with Crippen molar-refractivity contribution in [2.75, 3.05) is 6.61 Å². The maximum absolute atomic E-state index is 13.0. The Morgan fingerprint density at radius 3 is 2.13 bits per heavy atom. The second-order valence-corrected chi connectivity index (χ2v) is 7.35. The van der Waals surface area contributed by atoms with Gasteiger partial charge >= 0.3 is 5.97 Å². The van der Waals surface area contributed by atoms with Gasteiger partial charge in [0.05, 0.1) is 19.2 Å². The highest BCUT2D eigenvalue weighted by Gasteiger charge is 2.23. The van der Waals surface area contributed by atoms with E-state index in [0.717, 1.165) is 11.1 Å². The lowest BCUT2D eigenvalue weighted by Gasteiger charge is -2.20. The summed E-state index contributed by atoms with van der Waals surface area (Å²) < 4.78 is 18.4. The van der Waals surface area contributed by atoms with Crippen LogP contribution in [0.2, 0.25) is 0 Å². The first-order chi connectivity index (χ1) is 11.1. The van der Waals surface area contributed by atoms with Crippen molar-refractivity contribution in [3.8, 4) is 0 Å². The lowest BCUT2D eigenvalue weighted by molar-refractivity contribution is -0.137. The fourth-order valence-electron chi connectivity index (χ4n) is 2.06. The second-order valence-electron chi connectivity index (χ2n) is 5.11. The molecule has 1 unspecified atom stereocenters. The number of hydrogen-bond acceptors (Lipinski definition) is 3. The van der Waals surface area contributed by atoms with Crippen LogP contribution >= 0.6 is 7.52 Å². The van der Waals surface area contributed by atoms with Crippen LogP contribution in [0, 0.1) is 0 Å². The van der Waals surface area contributed by atoms with E-state index in [4.69, 9.17) is 9.63 Å². The molecule has 0 amide bonds. The van der Waals surface area contributed by atoms with Gasteiger partial charge < -0.3 is 9.63 Å². The monoisotopic (exact) mass is 333 g/mol. The van der Waals surface area contributed by atoms with E-state index >= 15 is 0 Å². The summed E-state index contributed by atoms with van der Waals surface area (Å²) >= 11 is 0. The van der Waals surface area contributed by atoms with Crippen LogP contribution in [0.1, 0.15) is 17.5 Å². The number of benzene rings is 2. The zero-order valence-electron chi connectivity index (χ0n) is 12.7. The Bertz CT molecular complexity index is 661. The molecule has 0 aliphatic rings. The molecule has 2 aromatic rings. The fourth-order valence-corrected chi connectivity index (χ4v) is 3.85. The minimum absolute atomic E-state index is 0.0821. The van der Waals surface area contributed by atoms with Gasteiger partial charge in [0, 0.05) is 6.54 Å². The number of aliphatic carboxylic acids is 1. The summed E-state index contributed by atoms with van der Waals surface area (Å²) in [6.07, 6.45) is 0.0477. The molecule has 6 heteroatoms. The van der Waals surface area contributed by atoms with Crippen LogP contribution in [0.25, 0.3) is 0 Å². The summed E-state index contributed by atoms with van der Waals surface area (Å²) in [7, 11) is -3.18. The molecule has 0 saturated carbocycles. The number of carbonyl (C=O) groups is 1. The van der Waals surface area contributed by atoms with Crippen LogP contribution < -0.4 is 5.09 Å². The van der Waals surface area contributed by atoms with Gasteiger partial charge in [-0.3, -0.25) is 9.36 Å². The molecular formula is C17H20NO4P. The summed E-state index contributed by atoms with van der Waals surface area (Å²) in [5, 5.41) is 11.7. The van der Waals surface area contributed by atoms with Gasteiger partial charge in [-0.1, -0.05) is 60.7 Å². The highest BCUT2D eigenvalue weighted by Crippen LogP contribution is 2.46. The lowest BCUT2D eigenvalue weighted by atomic mass is 10.2. The molecule has 0 heterocycles. The molecule has 0 aromatic heterocycles. The highest BCUT2D eigenvalue weighted by molar-refractivity contribution is 7.56. The van der Waals surface area contributed by atoms with Gasteiger partial charge in [0.15, 0.2) is 0 Å². The summed E-state index contributed by atoms with van der Waals surface area (Å²) in [6, 6.07) is 19.0. The summed E-state index contributed by atoms with van der Waals surface area (Å²) in [4.78, 5) is 10.6. The van der Waals surface area contributed by atoms with Gasteiger partial charge in [0.2, 0.25) is 0 Å². The first-order valence-electron chi connectivity index (χ1n) is 7.36. The van der Waals surface area contributed by atoms with E-state index in [1.54, 1.807) is 0 Å². The zero-order chi connectivity index (χ0) is 16.5. The number of carboxylic acid groups (broad SMARTS) is 1. The molecule has 2 rings (SSSR count). The van der Waals surface area contributed by atoms with E-state index < -0.39 is 13.5 Å². The van der Waals surface area contributed by atoms with E-state index in [1.807, 2.05) is 60.7 Å². The third-order valence-electron chi connectivity index (χ3n) is 3.22. The summed E-state index contributed by atoms with van der Waals surface area (Å²) in [5.41, 5.74) is 1.87. The molecule has 2 aromatic carbocycles. The molecule has 2 N–H and O–H groups in total. The molecule has 1 atom stereocenters. The largest absolute Gasteiger partial charge is 0.481 e. The van der Waals surface area contributed by atoms with Crippen LogP contribution in [-0.4, -0.2) is 17.7 Å². The number of carboxylic acids is 1. The van der Waals surface area contributed by atoms with Gasteiger partial charge in [0.25, 0.3) is 7.52 Å². The minimum atomic E-state index is -3.18. The standard InChI is InChI=1S/C17H20NO4P/c19-17(20)11-12-22-23(21,14-16-9-5-2-6-10-16)18-13-15-7-3-1-4-8-15/h1-10H,11-14H2,(H,18,21)(H,19,20). The van der Waals surface area contributed by atoms with Gasteiger partial charge in [-0.05, 0) is 11.1 Å². The number of hydrogen-bond donors (Lipinski definition) is 2.